The van der Waals surface area contributed by atoms with E-state index in [1.165, 1.54) is 24.0 Å². The van der Waals surface area contributed by atoms with Gasteiger partial charge in [-0.15, -0.1) is 11.3 Å². The van der Waals surface area contributed by atoms with Crippen LogP contribution in [-0.4, -0.2) is 23.0 Å². The van der Waals surface area contributed by atoms with Gasteiger partial charge in [-0.1, -0.05) is 12.1 Å². The van der Waals surface area contributed by atoms with Crippen molar-refractivity contribution in [1.29, 1.82) is 0 Å². The highest BCUT2D eigenvalue weighted by molar-refractivity contribution is 7.19. The van der Waals surface area contributed by atoms with E-state index in [9.17, 15) is 4.79 Å². The number of methoxy groups -OCH3 is 1. The fourth-order valence-electron chi connectivity index (χ4n) is 3.16. The van der Waals surface area contributed by atoms with Gasteiger partial charge in [0.15, 0.2) is 0 Å². The first-order valence-electron chi connectivity index (χ1n) is 8.26. The fraction of sp³-hybridized carbons (Fsp3) is 0.316. The summed E-state index contributed by atoms with van der Waals surface area (Å²) >= 11 is 1.75. The fourth-order valence-corrected chi connectivity index (χ4v) is 4.46. The second kappa shape index (κ2) is 6.44. The van der Waals surface area contributed by atoms with Gasteiger partial charge < -0.3 is 9.47 Å². The Kier molecular flexibility index (Phi) is 4.13. The molecule has 0 atom stereocenters. The van der Waals surface area contributed by atoms with Crippen LogP contribution in [0.3, 0.4) is 0 Å². The minimum atomic E-state index is -0.254. The van der Waals surface area contributed by atoms with Crippen LogP contribution in [0.2, 0.25) is 0 Å². The number of carbonyl (C=O) groups is 1. The predicted octanol–water partition coefficient (Wildman–Crippen LogP) is 4.00. The summed E-state index contributed by atoms with van der Waals surface area (Å²) in [5.41, 5.74) is 2.23. The lowest BCUT2D eigenvalue weighted by molar-refractivity contribution is -0.139. The first-order valence-corrected chi connectivity index (χ1v) is 9.08. The Labute approximate surface area is 149 Å². The van der Waals surface area contributed by atoms with Crippen molar-refractivity contribution in [2.45, 2.75) is 32.6 Å². The molecule has 5 nitrogen and oxygen atoms in total. The monoisotopic (exact) mass is 354 g/mol. The summed E-state index contributed by atoms with van der Waals surface area (Å²) in [5.74, 6) is 1.79. The number of hydrogen-bond acceptors (Lipinski definition) is 6. The Morgan fingerprint density at radius 3 is 2.76 bits per heavy atom. The summed E-state index contributed by atoms with van der Waals surface area (Å²) in [7, 11) is 1.39. The zero-order chi connectivity index (χ0) is 17.4. The highest BCUT2D eigenvalue weighted by Crippen LogP contribution is 2.41. The summed E-state index contributed by atoms with van der Waals surface area (Å²) in [5, 5.41) is 1.06. The quantitative estimate of drug-likeness (QED) is 0.663. The highest BCUT2D eigenvalue weighted by atomic mass is 32.1. The predicted molar refractivity (Wildman–Crippen MR) is 96.4 cm³/mol. The van der Waals surface area contributed by atoms with Gasteiger partial charge >= 0.3 is 5.97 Å². The third kappa shape index (κ3) is 3.09. The first kappa shape index (κ1) is 16.0. The third-order valence-corrected chi connectivity index (χ3v) is 5.54. The number of ether oxygens (including phenoxy) is 2. The second-order valence-corrected chi connectivity index (χ2v) is 7.20. The van der Waals surface area contributed by atoms with Crippen molar-refractivity contribution in [3.63, 3.8) is 0 Å². The zero-order valence-corrected chi connectivity index (χ0v) is 15.0. The van der Waals surface area contributed by atoms with Crippen molar-refractivity contribution in [2.75, 3.05) is 7.11 Å². The molecule has 4 rings (SSSR count). The molecule has 0 saturated carbocycles. The standard InChI is InChI=1S/C19H18N2O3S/c1-11-20-18(17-14-4-3-5-15(14)25-19(17)21-11)24-13-8-6-12(7-9-13)10-16(22)23-2/h6-9H,3-5,10H2,1-2H3. The number of hydrogen-bond donors (Lipinski definition) is 0. The van der Waals surface area contributed by atoms with Crippen molar-refractivity contribution in [2.24, 2.45) is 0 Å². The lowest BCUT2D eigenvalue weighted by Gasteiger charge is -2.08. The van der Waals surface area contributed by atoms with Gasteiger partial charge in [-0.3, -0.25) is 4.79 Å². The molecule has 1 aliphatic rings. The normalized spacial score (nSPS) is 13.0. The van der Waals surface area contributed by atoms with Gasteiger partial charge in [-0.2, -0.15) is 4.98 Å². The number of rotatable bonds is 4. The molecule has 128 valence electrons. The van der Waals surface area contributed by atoms with Crippen LogP contribution in [-0.2, 0) is 28.8 Å². The summed E-state index contributed by atoms with van der Waals surface area (Å²) in [4.78, 5) is 22.9. The minimum absolute atomic E-state index is 0.254. The van der Waals surface area contributed by atoms with Crippen LogP contribution in [0.15, 0.2) is 24.3 Å². The highest BCUT2D eigenvalue weighted by Gasteiger charge is 2.23. The molecule has 0 saturated heterocycles. The lowest BCUT2D eigenvalue weighted by atomic mass is 10.1. The van der Waals surface area contributed by atoms with Crippen molar-refractivity contribution >= 4 is 27.5 Å². The topological polar surface area (TPSA) is 61.3 Å². The average molecular weight is 354 g/mol. The van der Waals surface area contributed by atoms with Crippen molar-refractivity contribution in [1.82, 2.24) is 9.97 Å². The van der Waals surface area contributed by atoms with Gasteiger partial charge in [-0.25, -0.2) is 4.98 Å². The number of benzene rings is 1. The van der Waals surface area contributed by atoms with Gasteiger partial charge in [0.05, 0.1) is 18.9 Å². The Hall–Kier alpha value is -2.47. The Morgan fingerprint density at radius 2 is 2.00 bits per heavy atom. The largest absolute Gasteiger partial charge is 0.469 e. The van der Waals surface area contributed by atoms with E-state index in [1.54, 1.807) is 11.3 Å². The molecule has 0 unspecified atom stereocenters. The molecule has 2 aromatic heterocycles. The third-order valence-electron chi connectivity index (χ3n) is 4.36. The molecule has 0 bridgehead atoms. The Balaban J connectivity index is 1.65. The number of esters is 1. The molecule has 0 fully saturated rings. The second-order valence-electron chi connectivity index (χ2n) is 6.11. The molecule has 0 N–H and O–H groups in total. The summed E-state index contributed by atoms with van der Waals surface area (Å²) < 4.78 is 10.8. The molecular formula is C19H18N2O3S. The van der Waals surface area contributed by atoms with Gasteiger partial charge in [0, 0.05) is 4.88 Å². The van der Waals surface area contributed by atoms with Crippen molar-refractivity contribution < 1.29 is 14.3 Å². The van der Waals surface area contributed by atoms with Crippen LogP contribution in [0.5, 0.6) is 11.6 Å². The van der Waals surface area contributed by atoms with Gasteiger partial charge in [0.25, 0.3) is 0 Å². The van der Waals surface area contributed by atoms with E-state index < -0.39 is 0 Å². The van der Waals surface area contributed by atoms with Crippen molar-refractivity contribution in [3.8, 4) is 11.6 Å². The zero-order valence-electron chi connectivity index (χ0n) is 14.2. The van der Waals surface area contributed by atoms with Crippen LogP contribution in [0.1, 0.15) is 28.2 Å². The number of aryl methyl sites for hydroxylation is 3. The molecule has 6 heteroatoms. The SMILES string of the molecule is COC(=O)Cc1ccc(Oc2nc(C)nc3sc4c(c23)CCC4)cc1. The van der Waals surface area contributed by atoms with E-state index in [0.717, 1.165) is 28.6 Å². The number of fused-ring (bicyclic) bond motifs is 3. The smallest absolute Gasteiger partial charge is 0.309 e. The first-order chi connectivity index (χ1) is 12.1. The van der Waals surface area contributed by atoms with Crippen LogP contribution < -0.4 is 4.74 Å². The molecule has 3 aromatic rings. The average Bonchev–Trinajstić information content (AvgIpc) is 3.16. The maximum absolute atomic E-state index is 11.4. The Bertz CT molecular complexity index is 947. The van der Waals surface area contributed by atoms with Crippen LogP contribution in [0.4, 0.5) is 0 Å². The van der Waals surface area contributed by atoms with Crippen LogP contribution in [0, 0.1) is 6.92 Å². The number of nitrogens with zero attached hydrogens (tertiary/aromatic N) is 2. The molecule has 0 amide bonds. The van der Waals surface area contributed by atoms with Crippen LogP contribution in [0.25, 0.3) is 10.2 Å². The molecule has 1 aromatic carbocycles. The van der Waals surface area contributed by atoms with Gasteiger partial charge in [0.2, 0.25) is 5.88 Å². The lowest BCUT2D eigenvalue weighted by Crippen LogP contribution is -2.04. The van der Waals surface area contributed by atoms with E-state index in [-0.39, 0.29) is 12.4 Å². The summed E-state index contributed by atoms with van der Waals surface area (Å²) in [6, 6.07) is 7.45. The van der Waals surface area contributed by atoms with E-state index in [4.69, 9.17) is 4.74 Å². The van der Waals surface area contributed by atoms with E-state index in [1.807, 2.05) is 31.2 Å². The number of aromatic nitrogens is 2. The molecule has 25 heavy (non-hydrogen) atoms. The van der Waals surface area contributed by atoms with E-state index in [0.29, 0.717) is 17.5 Å². The molecule has 2 heterocycles. The molecule has 0 radical (unpaired) electrons. The van der Waals surface area contributed by atoms with Gasteiger partial charge in [0.1, 0.15) is 16.4 Å². The molecule has 0 aliphatic heterocycles. The maximum atomic E-state index is 11.4. The Morgan fingerprint density at radius 1 is 1.20 bits per heavy atom. The van der Waals surface area contributed by atoms with E-state index >= 15 is 0 Å². The van der Waals surface area contributed by atoms with Crippen LogP contribution >= 0.6 is 11.3 Å². The van der Waals surface area contributed by atoms with Gasteiger partial charge in [-0.05, 0) is 49.4 Å². The maximum Gasteiger partial charge on any atom is 0.309 e. The molecule has 0 spiro atoms. The van der Waals surface area contributed by atoms with E-state index in [2.05, 4.69) is 14.7 Å². The summed E-state index contributed by atoms with van der Waals surface area (Å²) in [6.07, 6.45) is 3.63. The van der Waals surface area contributed by atoms with Crippen molar-refractivity contribution in [3.05, 3.63) is 46.1 Å². The summed E-state index contributed by atoms with van der Waals surface area (Å²) in [6.45, 7) is 1.89. The minimum Gasteiger partial charge on any atom is -0.469 e. The number of thiophene rings is 1. The number of carbonyl (C=O) groups excluding carboxylic acids is 1. The molecular weight excluding hydrogens is 336 g/mol. The molecule has 1 aliphatic carbocycles.